The highest BCUT2D eigenvalue weighted by molar-refractivity contribution is 5.82. The quantitative estimate of drug-likeness (QED) is 0.893. The summed E-state index contributed by atoms with van der Waals surface area (Å²) in [5.41, 5.74) is 2.57. The molecular formula is C13H11F3N2O. The van der Waals surface area contributed by atoms with Crippen LogP contribution in [-0.4, -0.2) is 17.1 Å². The number of rotatable bonds is 2. The Hall–Kier alpha value is -2.11. The number of aromatic nitrogens is 1. The smallest absolute Gasteiger partial charge is 0.369 e. The number of halogens is 3. The molecule has 1 aromatic rings. The minimum absolute atomic E-state index is 0.105. The van der Waals surface area contributed by atoms with E-state index in [1.54, 1.807) is 0 Å². The molecule has 100 valence electrons. The van der Waals surface area contributed by atoms with Crippen molar-refractivity contribution in [2.45, 2.75) is 11.6 Å². The van der Waals surface area contributed by atoms with Crippen LogP contribution >= 0.6 is 0 Å². The lowest BCUT2D eigenvalue weighted by Crippen LogP contribution is -2.51. The van der Waals surface area contributed by atoms with Crippen LogP contribution in [0.5, 0.6) is 0 Å². The van der Waals surface area contributed by atoms with Crippen LogP contribution in [0.25, 0.3) is 0 Å². The second-order valence-electron chi connectivity index (χ2n) is 4.23. The van der Waals surface area contributed by atoms with Gasteiger partial charge in [-0.2, -0.15) is 13.2 Å². The third-order valence-electron chi connectivity index (χ3n) is 3.18. The Balaban J connectivity index is 2.68. The summed E-state index contributed by atoms with van der Waals surface area (Å²) in [4.78, 5) is 15.1. The fourth-order valence-corrected chi connectivity index (χ4v) is 2.27. The molecule has 2 unspecified atom stereocenters. The maximum Gasteiger partial charge on any atom is 0.402 e. The number of amides is 1. The highest BCUT2D eigenvalue weighted by Crippen LogP contribution is 2.49. The second kappa shape index (κ2) is 4.53. The lowest BCUT2D eigenvalue weighted by Gasteiger charge is -2.38. The van der Waals surface area contributed by atoms with Crippen molar-refractivity contribution < 1.29 is 18.0 Å². The number of hydrogen-bond donors (Lipinski definition) is 1. The van der Waals surface area contributed by atoms with Crippen molar-refractivity contribution in [3.05, 3.63) is 54.4 Å². The number of nitrogens with zero attached hydrogens (tertiary/aromatic N) is 1. The van der Waals surface area contributed by atoms with Gasteiger partial charge in [0.1, 0.15) is 5.41 Å². The number of alkyl halides is 3. The summed E-state index contributed by atoms with van der Waals surface area (Å²) < 4.78 is 40.7. The summed E-state index contributed by atoms with van der Waals surface area (Å²) in [6, 6.07) is 2.69. The Labute approximate surface area is 107 Å². The van der Waals surface area contributed by atoms with Gasteiger partial charge in [-0.1, -0.05) is 30.4 Å². The Morgan fingerprint density at radius 1 is 1.37 bits per heavy atom. The molecule has 19 heavy (non-hydrogen) atoms. The predicted octanol–water partition coefficient (Wildman–Crippen LogP) is 2.11. The predicted molar refractivity (Wildman–Crippen MR) is 62.9 cm³/mol. The van der Waals surface area contributed by atoms with E-state index < -0.39 is 23.4 Å². The molecule has 2 N–H and O–H groups in total. The van der Waals surface area contributed by atoms with Crippen molar-refractivity contribution in [2.75, 3.05) is 0 Å². The summed E-state index contributed by atoms with van der Waals surface area (Å²) in [7, 11) is 0. The number of pyridine rings is 1. The summed E-state index contributed by atoms with van der Waals surface area (Å²) in [5, 5.41) is 0. The van der Waals surface area contributed by atoms with Crippen LogP contribution in [0.3, 0.4) is 0 Å². The monoisotopic (exact) mass is 268 g/mol. The molecule has 6 heteroatoms. The molecule has 0 bridgehead atoms. The molecule has 0 aliphatic heterocycles. The van der Waals surface area contributed by atoms with Gasteiger partial charge in [-0.05, 0) is 11.6 Å². The molecule has 0 saturated carbocycles. The molecule has 0 aromatic carbocycles. The van der Waals surface area contributed by atoms with Gasteiger partial charge in [0.05, 0.1) is 5.92 Å². The first-order valence-corrected chi connectivity index (χ1v) is 5.52. The van der Waals surface area contributed by atoms with Crippen molar-refractivity contribution in [3.8, 4) is 0 Å². The van der Waals surface area contributed by atoms with E-state index in [1.807, 2.05) is 0 Å². The Bertz CT molecular complexity index is 537. The van der Waals surface area contributed by atoms with Gasteiger partial charge in [0.15, 0.2) is 0 Å². The average molecular weight is 268 g/mol. The zero-order valence-corrected chi connectivity index (χ0v) is 9.76. The van der Waals surface area contributed by atoms with Gasteiger partial charge in [0, 0.05) is 12.4 Å². The van der Waals surface area contributed by atoms with Gasteiger partial charge in [-0.25, -0.2) is 0 Å². The van der Waals surface area contributed by atoms with Gasteiger partial charge in [-0.15, -0.1) is 0 Å². The second-order valence-corrected chi connectivity index (χ2v) is 4.23. The van der Waals surface area contributed by atoms with Crippen molar-refractivity contribution in [1.82, 2.24) is 4.98 Å². The molecule has 1 amide bonds. The molecule has 2 rings (SSSR count). The summed E-state index contributed by atoms with van der Waals surface area (Å²) >= 11 is 0. The summed E-state index contributed by atoms with van der Waals surface area (Å²) in [6.45, 7) is 0. The summed E-state index contributed by atoms with van der Waals surface area (Å²) in [5.74, 6) is -2.51. The van der Waals surface area contributed by atoms with E-state index in [4.69, 9.17) is 5.73 Å². The molecule has 3 nitrogen and oxygen atoms in total. The maximum atomic E-state index is 13.6. The Morgan fingerprint density at radius 2 is 2.11 bits per heavy atom. The first-order chi connectivity index (χ1) is 8.89. The van der Waals surface area contributed by atoms with Crippen LogP contribution in [0.1, 0.15) is 5.56 Å². The molecule has 1 aliphatic carbocycles. The van der Waals surface area contributed by atoms with Crippen molar-refractivity contribution >= 4 is 5.91 Å². The fraction of sp³-hybridized carbons (Fsp3) is 0.231. The molecule has 1 aromatic heterocycles. The first-order valence-electron chi connectivity index (χ1n) is 5.52. The highest BCUT2D eigenvalue weighted by Gasteiger charge is 2.60. The average Bonchev–Trinajstić information content (AvgIpc) is 2.38. The Kier molecular flexibility index (Phi) is 3.18. The maximum absolute atomic E-state index is 13.6. The lowest BCUT2D eigenvalue weighted by molar-refractivity contribution is -0.188. The molecule has 0 radical (unpaired) electrons. The fourth-order valence-electron chi connectivity index (χ4n) is 2.27. The third-order valence-corrected chi connectivity index (χ3v) is 3.18. The van der Waals surface area contributed by atoms with Crippen LogP contribution < -0.4 is 5.73 Å². The standard InChI is InChI=1S/C13H11F3N2O/c14-13(15,16)12(9-4-3-7-18-8-9)6-2-1-5-10(12)11(17)19/h1-8,10H,(H2,17,19). The van der Waals surface area contributed by atoms with E-state index in [0.717, 1.165) is 12.3 Å². The van der Waals surface area contributed by atoms with E-state index in [0.29, 0.717) is 0 Å². The molecule has 0 spiro atoms. The van der Waals surface area contributed by atoms with Gasteiger partial charge >= 0.3 is 6.18 Å². The van der Waals surface area contributed by atoms with Crippen LogP contribution in [0.15, 0.2) is 48.8 Å². The van der Waals surface area contributed by atoms with E-state index in [-0.39, 0.29) is 5.56 Å². The van der Waals surface area contributed by atoms with Crippen molar-refractivity contribution in [3.63, 3.8) is 0 Å². The molecule has 0 fully saturated rings. The normalized spacial score (nSPS) is 26.4. The van der Waals surface area contributed by atoms with Gasteiger partial charge in [0.2, 0.25) is 5.91 Å². The van der Waals surface area contributed by atoms with E-state index >= 15 is 0 Å². The van der Waals surface area contributed by atoms with Gasteiger partial charge in [0.25, 0.3) is 0 Å². The Morgan fingerprint density at radius 3 is 2.63 bits per heavy atom. The minimum Gasteiger partial charge on any atom is -0.369 e. The zero-order chi connectivity index (χ0) is 14.1. The molecule has 1 heterocycles. The number of hydrogen-bond acceptors (Lipinski definition) is 2. The van der Waals surface area contributed by atoms with E-state index in [1.165, 1.54) is 36.6 Å². The van der Waals surface area contributed by atoms with Crippen LogP contribution in [0, 0.1) is 5.92 Å². The number of primary amides is 1. The van der Waals surface area contributed by atoms with Crippen LogP contribution in [0.4, 0.5) is 13.2 Å². The number of nitrogens with two attached hydrogens (primary N) is 1. The highest BCUT2D eigenvalue weighted by atomic mass is 19.4. The minimum atomic E-state index is -4.66. The molecule has 0 saturated heterocycles. The third kappa shape index (κ3) is 2.03. The number of allylic oxidation sites excluding steroid dienone is 3. The van der Waals surface area contributed by atoms with Crippen molar-refractivity contribution in [2.24, 2.45) is 11.7 Å². The largest absolute Gasteiger partial charge is 0.402 e. The molecular weight excluding hydrogens is 257 g/mol. The summed E-state index contributed by atoms with van der Waals surface area (Å²) in [6.07, 6.45) is 2.59. The van der Waals surface area contributed by atoms with Crippen LogP contribution in [0.2, 0.25) is 0 Å². The number of carbonyl (C=O) groups is 1. The first kappa shape index (κ1) is 13.3. The SMILES string of the molecule is NC(=O)C1C=CC=CC1(c1cccnc1)C(F)(F)F. The topological polar surface area (TPSA) is 56.0 Å². The molecule has 2 atom stereocenters. The van der Waals surface area contributed by atoms with Gasteiger partial charge in [-0.3, -0.25) is 9.78 Å². The van der Waals surface area contributed by atoms with E-state index in [9.17, 15) is 18.0 Å². The van der Waals surface area contributed by atoms with E-state index in [2.05, 4.69) is 4.98 Å². The molecule has 1 aliphatic rings. The van der Waals surface area contributed by atoms with Crippen LogP contribution in [-0.2, 0) is 10.2 Å². The lowest BCUT2D eigenvalue weighted by atomic mass is 9.67. The van der Waals surface area contributed by atoms with Crippen molar-refractivity contribution in [1.29, 1.82) is 0 Å². The number of carbonyl (C=O) groups excluding carboxylic acids is 1. The van der Waals surface area contributed by atoms with Gasteiger partial charge < -0.3 is 5.73 Å². The zero-order valence-electron chi connectivity index (χ0n) is 9.76.